The van der Waals surface area contributed by atoms with Crippen molar-refractivity contribution in [2.24, 2.45) is 0 Å². The van der Waals surface area contributed by atoms with Gasteiger partial charge in [0.1, 0.15) is 5.82 Å². The Bertz CT molecular complexity index is 942. The van der Waals surface area contributed by atoms with E-state index in [1.165, 1.54) is 24.4 Å². The van der Waals surface area contributed by atoms with Gasteiger partial charge in [0.2, 0.25) is 0 Å². The molecule has 0 aliphatic rings. The molecule has 1 heterocycles. The summed E-state index contributed by atoms with van der Waals surface area (Å²) in [6, 6.07) is 12.8. The van der Waals surface area contributed by atoms with Gasteiger partial charge in [0, 0.05) is 11.6 Å². The summed E-state index contributed by atoms with van der Waals surface area (Å²) in [5.41, 5.74) is 2.17. The second kappa shape index (κ2) is 7.68. The molecular formula is C19H17ClFN3O2. The Morgan fingerprint density at radius 1 is 1.31 bits per heavy atom. The van der Waals surface area contributed by atoms with Crippen LogP contribution in [0.4, 0.5) is 4.39 Å². The Kier molecular flexibility index (Phi) is 5.35. The highest BCUT2D eigenvalue weighted by Crippen LogP contribution is 2.18. The molecule has 0 aliphatic heterocycles. The fraction of sp³-hybridized carbons (Fsp3) is 0.158. The molecule has 0 aliphatic carbocycles. The molecule has 26 heavy (non-hydrogen) atoms. The van der Waals surface area contributed by atoms with Crippen LogP contribution in [0.25, 0.3) is 5.69 Å². The molecule has 0 saturated heterocycles. The van der Waals surface area contributed by atoms with E-state index in [0.717, 1.165) is 5.69 Å². The molecule has 0 spiro atoms. The van der Waals surface area contributed by atoms with Gasteiger partial charge in [0.15, 0.2) is 0 Å². The van der Waals surface area contributed by atoms with Crippen LogP contribution in [-0.4, -0.2) is 27.3 Å². The first-order valence-corrected chi connectivity index (χ1v) is 8.36. The van der Waals surface area contributed by atoms with Crippen molar-refractivity contribution >= 4 is 17.5 Å². The molecule has 1 atom stereocenters. The Balaban J connectivity index is 1.71. The van der Waals surface area contributed by atoms with Gasteiger partial charge < -0.3 is 10.4 Å². The number of carbonyl (C=O) groups excluding carboxylic acids is 1. The third-order valence-corrected chi connectivity index (χ3v) is 4.23. The van der Waals surface area contributed by atoms with E-state index in [4.69, 9.17) is 11.6 Å². The fourth-order valence-corrected chi connectivity index (χ4v) is 2.80. The van der Waals surface area contributed by atoms with Crippen molar-refractivity contribution in [3.05, 3.63) is 82.4 Å². The summed E-state index contributed by atoms with van der Waals surface area (Å²) in [6.45, 7) is 1.73. The summed E-state index contributed by atoms with van der Waals surface area (Å²) in [5, 5.41) is 17.6. The number of nitrogens with one attached hydrogen (secondary N) is 1. The summed E-state index contributed by atoms with van der Waals surface area (Å²) in [7, 11) is 0. The molecule has 134 valence electrons. The van der Waals surface area contributed by atoms with Crippen molar-refractivity contribution < 1.29 is 14.3 Å². The van der Waals surface area contributed by atoms with Gasteiger partial charge in [0.05, 0.1) is 29.2 Å². The quantitative estimate of drug-likeness (QED) is 0.720. The number of aliphatic hydroxyl groups is 1. The largest absolute Gasteiger partial charge is 0.387 e. The Morgan fingerprint density at radius 2 is 2.08 bits per heavy atom. The predicted molar refractivity (Wildman–Crippen MR) is 97.0 cm³/mol. The third-order valence-electron chi connectivity index (χ3n) is 4.00. The standard InChI is InChI=1S/C19H17ClFN3O2/c1-12-17(10-23-24(12)16-7-3-5-14(20)9-16)19(26)22-11-18(25)13-4-2-6-15(21)8-13/h2-10,18,25H,11H2,1H3,(H,22,26). The van der Waals surface area contributed by atoms with Crippen LogP contribution in [0.1, 0.15) is 27.7 Å². The van der Waals surface area contributed by atoms with Crippen LogP contribution in [0.2, 0.25) is 5.02 Å². The lowest BCUT2D eigenvalue weighted by Crippen LogP contribution is -2.28. The first-order chi connectivity index (χ1) is 12.5. The van der Waals surface area contributed by atoms with Crippen LogP contribution < -0.4 is 5.32 Å². The van der Waals surface area contributed by atoms with Crippen molar-refractivity contribution in [1.29, 1.82) is 0 Å². The monoisotopic (exact) mass is 373 g/mol. The molecule has 0 bridgehead atoms. The smallest absolute Gasteiger partial charge is 0.254 e. The first kappa shape index (κ1) is 18.1. The van der Waals surface area contributed by atoms with Gasteiger partial charge in [-0.1, -0.05) is 29.8 Å². The normalized spacial score (nSPS) is 12.0. The molecule has 1 aromatic heterocycles. The van der Waals surface area contributed by atoms with Crippen molar-refractivity contribution in [3.63, 3.8) is 0 Å². The Hall–Kier alpha value is -2.70. The number of benzene rings is 2. The Labute approximate surface area is 155 Å². The lowest BCUT2D eigenvalue weighted by atomic mass is 10.1. The van der Waals surface area contributed by atoms with Crippen LogP contribution in [0, 0.1) is 12.7 Å². The number of rotatable bonds is 5. The third kappa shape index (κ3) is 3.92. The highest BCUT2D eigenvalue weighted by atomic mass is 35.5. The molecule has 1 amide bonds. The van der Waals surface area contributed by atoms with E-state index < -0.39 is 11.9 Å². The van der Waals surface area contributed by atoms with Crippen LogP contribution in [0.15, 0.2) is 54.7 Å². The van der Waals surface area contributed by atoms with E-state index >= 15 is 0 Å². The molecule has 2 N–H and O–H groups in total. The first-order valence-electron chi connectivity index (χ1n) is 7.98. The molecule has 0 fully saturated rings. The van der Waals surface area contributed by atoms with Gasteiger partial charge in [-0.3, -0.25) is 4.79 Å². The second-order valence-corrected chi connectivity index (χ2v) is 6.25. The van der Waals surface area contributed by atoms with E-state index in [9.17, 15) is 14.3 Å². The summed E-state index contributed by atoms with van der Waals surface area (Å²) in [4.78, 5) is 12.4. The highest BCUT2D eigenvalue weighted by Gasteiger charge is 2.17. The number of amides is 1. The molecule has 2 aromatic carbocycles. The van der Waals surface area contributed by atoms with Crippen LogP contribution in [0.5, 0.6) is 0 Å². The highest BCUT2D eigenvalue weighted by molar-refractivity contribution is 6.30. The average Bonchev–Trinajstić information content (AvgIpc) is 3.01. The van der Waals surface area contributed by atoms with Crippen molar-refractivity contribution in [2.75, 3.05) is 6.54 Å². The maximum atomic E-state index is 13.2. The SMILES string of the molecule is Cc1c(C(=O)NCC(O)c2cccc(F)c2)cnn1-c1cccc(Cl)c1. The number of aliphatic hydroxyl groups excluding tert-OH is 1. The average molecular weight is 374 g/mol. The van der Waals surface area contributed by atoms with E-state index in [-0.39, 0.29) is 12.5 Å². The second-order valence-electron chi connectivity index (χ2n) is 5.82. The van der Waals surface area contributed by atoms with E-state index in [1.807, 2.05) is 6.07 Å². The maximum Gasteiger partial charge on any atom is 0.254 e. The molecule has 7 heteroatoms. The molecule has 0 saturated carbocycles. The van der Waals surface area contributed by atoms with Gasteiger partial charge in [-0.2, -0.15) is 5.10 Å². The van der Waals surface area contributed by atoms with Crippen LogP contribution in [0.3, 0.4) is 0 Å². The van der Waals surface area contributed by atoms with Gasteiger partial charge >= 0.3 is 0 Å². The van der Waals surface area contributed by atoms with E-state index in [2.05, 4.69) is 10.4 Å². The zero-order valence-electron chi connectivity index (χ0n) is 14.0. The minimum atomic E-state index is -1.00. The van der Waals surface area contributed by atoms with Crippen molar-refractivity contribution in [3.8, 4) is 5.69 Å². The molecular weight excluding hydrogens is 357 g/mol. The zero-order chi connectivity index (χ0) is 18.7. The molecule has 3 aromatic rings. The van der Waals surface area contributed by atoms with E-state index in [1.54, 1.807) is 35.9 Å². The minimum Gasteiger partial charge on any atom is -0.387 e. The minimum absolute atomic E-state index is 0.0376. The lowest BCUT2D eigenvalue weighted by molar-refractivity contribution is 0.0915. The number of aromatic nitrogens is 2. The molecule has 0 radical (unpaired) electrons. The summed E-state index contributed by atoms with van der Waals surface area (Å²) in [6.07, 6.45) is 0.457. The van der Waals surface area contributed by atoms with Gasteiger partial charge in [-0.25, -0.2) is 9.07 Å². The van der Waals surface area contributed by atoms with Gasteiger partial charge in [-0.05, 0) is 42.8 Å². The number of hydrogen-bond donors (Lipinski definition) is 2. The summed E-state index contributed by atoms with van der Waals surface area (Å²) in [5.74, 6) is -0.808. The predicted octanol–water partition coefficient (Wildman–Crippen LogP) is 3.44. The van der Waals surface area contributed by atoms with Crippen molar-refractivity contribution in [1.82, 2.24) is 15.1 Å². The van der Waals surface area contributed by atoms with Gasteiger partial charge in [-0.15, -0.1) is 0 Å². The van der Waals surface area contributed by atoms with Crippen molar-refractivity contribution in [2.45, 2.75) is 13.0 Å². The number of hydrogen-bond acceptors (Lipinski definition) is 3. The van der Waals surface area contributed by atoms with Crippen LogP contribution >= 0.6 is 11.6 Å². The fourth-order valence-electron chi connectivity index (χ4n) is 2.62. The lowest BCUT2D eigenvalue weighted by Gasteiger charge is -2.12. The number of halogens is 2. The molecule has 3 rings (SSSR count). The maximum absolute atomic E-state index is 13.2. The van der Waals surface area contributed by atoms with Gasteiger partial charge in [0.25, 0.3) is 5.91 Å². The van der Waals surface area contributed by atoms with Crippen LogP contribution in [-0.2, 0) is 0 Å². The number of nitrogens with zero attached hydrogens (tertiary/aromatic N) is 2. The molecule has 5 nitrogen and oxygen atoms in total. The summed E-state index contributed by atoms with van der Waals surface area (Å²) < 4.78 is 14.8. The van der Waals surface area contributed by atoms with E-state index in [0.29, 0.717) is 21.8 Å². The Morgan fingerprint density at radius 3 is 2.81 bits per heavy atom. The number of carbonyl (C=O) groups is 1. The molecule has 1 unspecified atom stereocenters. The zero-order valence-corrected chi connectivity index (χ0v) is 14.7. The topological polar surface area (TPSA) is 67.2 Å². The summed E-state index contributed by atoms with van der Waals surface area (Å²) >= 11 is 6.00.